The summed E-state index contributed by atoms with van der Waals surface area (Å²) in [7, 11) is 1.92. The van der Waals surface area contributed by atoms with Gasteiger partial charge in [0.2, 0.25) is 11.8 Å². The molecule has 20 rings (SSSR count). The number of hydrogen-bond donors (Lipinski definition) is 6. The Balaban J connectivity index is 0.000000124. The summed E-state index contributed by atoms with van der Waals surface area (Å²) in [5.41, 5.74) is 35.5. The number of nitrogens with zero attached hydrogens (tertiary/aromatic N) is 18. The summed E-state index contributed by atoms with van der Waals surface area (Å²) in [5, 5.41) is 18.6. The second-order valence-electron chi connectivity index (χ2n) is 35.3. The molecule has 0 aliphatic carbocycles. The van der Waals surface area contributed by atoms with E-state index in [1.54, 1.807) is 66.1 Å². The van der Waals surface area contributed by atoms with E-state index >= 15 is 0 Å². The third kappa shape index (κ3) is 21.5. The molecule has 0 unspecified atom stereocenters. The van der Waals surface area contributed by atoms with Crippen molar-refractivity contribution in [1.82, 2.24) is 69.6 Å². The number of nitrogens with two attached hydrogens (primary N) is 5. The van der Waals surface area contributed by atoms with Gasteiger partial charge in [-0.1, -0.05) is 130 Å². The molecule has 8 fully saturated rings. The number of carbonyl (C=O) groups is 2. The van der Waals surface area contributed by atoms with Crippen molar-refractivity contribution in [2.45, 2.75) is 180 Å². The largest absolute Gasteiger partial charge is 0.476 e. The molecule has 702 valence electrons. The Kier molecular flexibility index (Phi) is 30.2. The highest BCUT2D eigenvalue weighted by molar-refractivity contribution is 8.00. The number of oxazole rings is 2. The molecule has 8 aliphatic rings. The average Bonchev–Trinajstić information content (AvgIpc) is 1.63. The number of anilines is 4. The molecule has 32 nitrogen and oxygen atoms in total. The molecule has 0 saturated carbocycles. The fourth-order valence-electron chi connectivity index (χ4n) is 18.6. The molecule has 134 heavy (non-hydrogen) atoms. The van der Waals surface area contributed by atoms with Crippen LogP contribution in [0.25, 0.3) is 22.9 Å². The van der Waals surface area contributed by atoms with Gasteiger partial charge >= 0.3 is 5.97 Å². The minimum absolute atomic E-state index is 0.0474. The van der Waals surface area contributed by atoms with Crippen LogP contribution in [0, 0.1) is 21.7 Å². The van der Waals surface area contributed by atoms with Gasteiger partial charge in [-0.3, -0.25) is 9.48 Å². The van der Waals surface area contributed by atoms with E-state index in [-0.39, 0.29) is 93.4 Å². The van der Waals surface area contributed by atoms with Gasteiger partial charge < -0.3 is 81.2 Å². The van der Waals surface area contributed by atoms with Crippen LogP contribution < -0.4 is 48.3 Å². The molecule has 8 atom stereocenters. The van der Waals surface area contributed by atoms with Crippen LogP contribution in [0.4, 0.5) is 23.3 Å². The first kappa shape index (κ1) is 96.0. The zero-order valence-corrected chi connectivity index (χ0v) is 80.8. The van der Waals surface area contributed by atoms with E-state index in [1.165, 1.54) is 53.3 Å². The fourth-order valence-corrected chi connectivity index (χ4v) is 23.0. The maximum atomic E-state index is 11.3. The lowest BCUT2D eigenvalue weighted by atomic mass is 9.73. The number of aromatic nitrogens is 14. The molecule has 0 radical (unpaired) electrons. The number of piperidine rings is 4. The minimum Gasteiger partial charge on any atom is -0.476 e. The molecule has 4 spiro atoms. The molecule has 0 bridgehead atoms. The van der Waals surface area contributed by atoms with Gasteiger partial charge in [0.25, 0.3) is 5.91 Å². The number of halogens is 4. The maximum Gasteiger partial charge on any atom is 0.357 e. The Labute approximate surface area is 813 Å². The molecule has 8 aromatic heterocycles. The van der Waals surface area contributed by atoms with Gasteiger partial charge in [-0.05, 0) is 138 Å². The van der Waals surface area contributed by atoms with Gasteiger partial charge in [-0.15, -0.1) is 0 Å². The number of benzene rings is 4. The van der Waals surface area contributed by atoms with E-state index in [1.807, 2.05) is 99.7 Å². The smallest absolute Gasteiger partial charge is 0.357 e. The Bertz CT molecular complexity index is 5870. The Morgan fingerprint density at radius 1 is 0.418 bits per heavy atom. The molecule has 12 aromatic rings. The number of aromatic carboxylic acids is 1. The first-order valence-corrected chi connectivity index (χ1v) is 49.3. The van der Waals surface area contributed by atoms with E-state index in [0.717, 1.165) is 223 Å². The van der Waals surface area contributed by atoms with E-state index in [0.29, 0.717) is 42.7 Å². The van der Waals surface area contributed by atoms with Crippen molar-refractivity contribution < 1.29 is 42.5 Å². The second-order valence-corrected chi connectivity index (χ2v) is 41.1. The molecule has 8 saturated heterocycles. The number of rotatable bonds is 20. The zero-order chi connectivity index (χ0) is 93.6. The third-order valence-corrected chi connectivity index (χ3v) is 33.2. The quantitative estimate of drug-likeness (QED) is 0.0413. The number of carboxylic acids is 1. The highest BCUT2D eigenvalue weighted by atomic mass is 35.5. The number of carbonyl (C=O) groups excluding carboxylic acids is 1. The predicted molar refractivity (Wildman–Crippen MR) is 517 cm³/mol. The number of primary amides is 1. The highest BCUT2D eigenvalue weighted by Gasteiger charge is 2.52. The summed E-state index contributed by atoms with van der Waals surface area (Å²) in [6, 6.07) is 25.2. The third-order valence-electron chi connectivity index (χ3n) is 27.1. The van der Waals surface area contributed by atoms with E-state index in [2.05, 4.69) is 106 Å². The Morgan fingerprint density at radius 2 is 0.739 bits per heavy atom. The van der Waals surface area contributed by atoms with Crippen LogP contribution >= 0.6 is 93.5 Å². The van der Waals surface area contributed by atoms with Crippen molar-refractivity contribution in [1.29, 1.82) is 0 Å². The van der Waals surface area contributed by atoms with E-state index < -0.39 is 11.9 Å². The summed E-state index contributed by atoms with van der Waals surface area (Å²) in [6.07, 6.45) is 33.9. The number of hydrogen-bond acceptors (Lipinski definition) is 33. The van der Waals surface area contributed by atoms with Gasteiger partial charge in [0.05, 0.1) is 138 Å². The van der Waals surface area contributed by atoms with Crippen molar-refractivity contribution in [2.24, 2.45) is 57.4 Å². The van der Waals surface area contributed by atoms with Gasteiger partial charge in [-0.25, -0.2) is 64.6 Å². The average molecular weight is 1970 g/mol. The van der Waals surface area contributed by atoms with Crippen LogP contribution in [-0.4, -0.2) is 214 Å². The topological polar surface area (TPSA) is 433 Å². The van der Waals surface area contributed by atoms with Crippen molar-refractivity contribution in [3.63, 3.8) is 0 Å². The number of ether oxygens (including phenoxy) is 4. The van der Waals surface area contributed by atoms with E-state index in [4.69, 9.17) is 113 Å². The van der Waals surface area contributed by atoms with Crippen molar-refractivity contribution in [2.75, 3.05) is 98.4 Å². The van der Waals surface area contributed by atoms with Crippen LogP contribution in [0.5, 0.6) is 0 Å². The molecule has 40 heteroatoms. The van der Waals surface area contributed by atoms with Crippen molar-refractivity contribution in [3.05, 3.63) is 220 Å². The van der Waals surface area contributed by atoms with Gasteiger partial charge in [0.15, 0.2) is 11.4 Å². The van der Waals surface area contributed by atoms with Crippen LogP contribution in [0.1, 0.15) is 123 Å². The summed E-state index contributed by atoms with van der Waals surface area (Å²) in [6.45, 7) is 18.4. The summed E-state index contributed by atoms with van der Waals surface area (Å²) >= 11 is 32.4. The summed E-state index contributed by atoms with van der Waals surface area (Å²) in [5.74, 6) is 2.78. The number of carboxylic acid groups (broad SMARTS) is 1. The lowest BCUT2D eigenvalue weighted by Gasteiger charge is -2.41. The minimum atomic E-state index is -1.16. The maximum absolute atomic E-state index is 11.3. The normalized spacial score (nSPS) is 22.0. The molecule has 1 amide bonds. The predicted octanol–water partition coefficient (Wildman–Crippen LogP) is 15.3. The molecular weight excluding hydrogens is 1870 g/mol. The number of amides is 1. The second kappa shape index (κ2) is 42.1. The Hall–Kier alpha value is -9.71. The molecule has 16 heterocycles. The lowest BCUT2D eigenvalue weighted by molar-refractivity contribution is 0.0690. The Morgan fingerprint density at radius 3 is 1.02 bits per heavy atom. The van der Waals surface area contributed by atoms with E-state index in [9.17, 15) is 9.59 Å². The SMILES string of the molecule is C[C@@H]1OCC2(CCN(c3cnc(Sc4cccc(-c5nc(C(=O)O)co5)c4Cl)cn3)CC2)[C@@H]1N.C[C@@H]1OCC2(CCN(c3cnc(Sc4cccc(-c5nc(C(N)=O)co5)c4Cl)cn3)CC2)[C@@H]1N.C[C@@H]1OCC2(CCN(c3cnc(Sc4cccc(Cc5cnn(C)c5)c4Cl)cn3)CC2)[C@@H]1N.C[C@@H]1OCC2(CCN(c3cnc(Sc4cccc(Cc5ncccn5)c4Cl)cn3)CC2)[C@@H]1N. The summed E-state index contributed by atoms with van der Waals surface area (Å²) in [4.78, 5) is 88.6. The fraction of sp³-hybridized carbons (Fsp3) is 0.415. The monoisotopic (exact) mass is 1970 g/mol. The number of aryl methyl sites for hydroxylation is 1. The first-order valence-electron chi connectivity index (χ1n) is 44.5. The van der Waals surface area contributed by atoms with Crippen LogP contribution in [-0.2, 0) is 38.8 Å². The highest BCUT2D eigenvalue weighted by Crippen LogP contribution is 2.49. The standard InChI is InChI=1S/C24H29ClN6OS.C24H27ClN6OS.C23H25ClN6O3S.C23H24ClN5O4S/c1-16-23(26)24(15-32-16)6-8-31(9-7-24)20-12-28-21(13-27-20)33-19-5-3-4-18(22(19)25)10-17-11-29-30(2)14-17;1-16-23(26)24(15-32-16)6-10-31(11-7-24)20-13-30-21(14-29-20)33-18-5-2-4-17(22(18)25)12-19-27-8-3-9-28-19;1-13-20(25)23(12-33-13)5-7-30(8-6-23)17-9-28-18(10-27-17)34-16-4-2-3-14(19(16)24)22-29-15(11-32-22)21(26)31;1-13-20(25)23(12-33-13)5-7-29(8-6-23)17-9-27-18(10-26-17)34-16-4-2-3-14(19(16)24)21-28-15(11-32-21)22(30)31/h3-5,11-14,16,23H,6-10,15,26H2,1-2H3;2-5,8-9,13-14,16,23H,6-7,10-12,15,26H2,1H3;2-4,9-11,13,20H,5-8,12,25H2,1H3,(H2,26,31);2-4,9-11,13,20H,5-8,12,25H2,1H3,(H,30,31)/t2*16-,23+;2*13-,20+/m0000/s1. The molecule has 8 aliphatic heterocycles. The lowest BCUT2D eigenvalue weighted by Crippen LogP contribution is -2.50. The zero-order valence-electron chi connectivity index (χ0n) is 74.6. The molecule has 11 N–H and O–H groups in total. The molecular formula is C94H105Cl4N23O9S4. The van der Waals surface area contributed by atoms with Gasteiger partial charge in [0.1, 0.15) is 61.7 Å². The van der Waals surface area contributed by atoms with Crippen LogP contribution in [0.3, 0.4) is 0 Å². The first-order chi connectivity index (χ1) is 64.7. The summed E-state index contributed by atoms with van der Waals surface area (Å²) < 4.78 is 35.8. The molecule has 4 aromatic carbocycles. The van der Waals surface area contributed by atoms with Crippen LogP contribution in [0.2, 0.25) is 20.1 Å². The van der Waals surface area contributed by atoms with Gasteiger partial charge in [-0.2, -0.15) is 5.10 Å². The van der Waals surface area contributed by atoms with Crippen molar-refractivity contribution in [3.8, 4) is 22.9 Å². The van der Waals surface area contributed by atoms with Gasteiger partial charge in [0, 0.05) is 156 Å². The van der Waals surface area contributed by atoms with Crippen LogP contribution in [0.15, 0.2) is 214 Å². The van der Waals surface area contributed by atoms with Crippen molar-refractivity contribution >= 4 is 129 Å².